The van der Waals surface area contributed by atoms with Gasteiger partial charge in [0.1, 0.15) is 0 Å². The zero-order chi connectivity index (χ0) is 24.3. The fourth-order valence-electron chi connectivity index (χ4n) is 4.13. The summed E-state index contributed by atoms with van der Waals surface area (Å²) in [5, 5.41) is 34.5. The average Bonchev–Trinajstić information content (AvgIpc) is 2.76. The summed E-state index contributed by atoms with van der Waals surface area (Å²) in [6.45, 7) is 7.82. The van der Waals surface area contributed by atoms with E-state index in [4.69, 9.17) is 20.4 Å². The number of hydrogen-bond acceptors (Lipinski definition) is 4. The van der Waals surface area contributed by atoms with Gasteiger partial charge in [-0.05, 0) is 77.0 Å². The van der Waals surface area contributed by atoms with E-state index in [1.807, 2.05) is 0 Å². The van der Waals surface area contributed by atoms with Crippen molar-refractivity contribution in [3.8, 4) is 0 Å². The Morgan fingerprint density at radius 2 is 0.625 bits per heavy atom. The zero-order valence-electron chi connectivity index (χ0n) is 18.6. The third-order valence-electron chi connectivity index (χ3n) is 6.52. The topological polar surface area (TPSA) is 149 Å². The van der Waals surface area contributed by atoms with E-state index < -0.39 is 23.9 Å². The summed E-state index contributed by atoms with van der Waals surface area (Å²) in [4.78, 5) is 41.9. The van der Waals surface area contributed by atoms with Gasteiger partial charge in [0.25, 0.3) is 0 Å². The van der Waals surface area contributed by atoms with Gasteiger partial charge >= 0.3 is 23.9 Å². The molecule has 3 rings (SSSR count). The molecular formula is C24H36O8. The molecular weight excluding hydrogens is 416 g/mol. The summed E-state index contributed by atoms with van der Waals surface area (Å²) >= 11 is 0. The first-order valence-corrected chi connectivity index (χ1v) is 11.3. The minimum atomic E-state index is -0.793. The summed E-state index contributed by atoms with van der Waals surface area (Å²) in [6.07, 6.45) is 8.77. The van der Waals surface area contributed by atoms with Crippen LogP contribution in [-0.2, 0) is 19.2 Å². The minimum Gasteiger partial charge on any atom is -0.481 e. The van der Waals surface area contributed by atoms with Crippen molar-refractivity contribution in [2.45, 2.75) is 77.0 Å². The number of hydrogen-bond donors (Lipinski definition) is 4. The molecule has 0 heterocycles. The molecule has 0 aromatic carbocycles. The van der Waals surface area contributed by atoms with E-state index in [-0.39, 0.29) is 23.7 Å². The number of rotatable bonds is 4. The second kappa shape index (κ2) is 13.7. The van der Waals surface area contributed by atoms with Crippen LogP contribution in [0.4, 0.5) is 0 Å². The highest BCUT2D eigenvalue weighted by Gasteiger charge is 2.30. The molecule has 0 amide bonds. The highest BCUT2D eigenvalue weighted by atomic mass is 16.4. The van der Waals surface area contributed by atoms with Gasteiger partial charge < -0.3 is 20.4 Å². The lowest BCUT2D eigenvalue weighted by Crippen LogP contribution is -2.25. The Bertz CT molecular complexity index is 579. The maximum Gasteiger partial charge on any atom is 0.306 e. The Morgan fingerprint density at radius 1 is 0.469 bits per heavy atom. The third kappa shape index (κ3) is 10.1. The van der Waals surface area contributed by atoms with Crippen molar-refractivity contribution in [1.82, 2.24) is 0 Å². The molecule has 0 saturated heterocycles. The van der Waals surface area contributed by atoms with E-state index in [0.717, 1.165) is 0 Å². The molecule has 3 aliphatic rings. The standard InChI is InChI=1S/2C8H12O4.C8H12/c2*9-7(10)5-1-2-6(4-3-5)8(11)12;1-7-3-5-8(2)6-4-7/h2*5-6H,1-4H2,(H,9,10)(H,11,12);1-6H2. The van der Waals surface area contributed by atoms with Gasteiger partial charge in [0.15, 0.2) is 0 Å². The Balaban J connectivity index is 0.000000245. The number of allylic oxidation sites excluding steroid dienone is 2. The smallest absolute Gasteiger partial charge is 0.306 e. The van der Waals surface area contributed by atoms with Gasteiger partial charge in [0, 0.05) is 0 Å². The van der Waals surface area contributed by atoms with Crippen molar-refractivity contribution in [3.05, 3.63) is 24.3 Å². The monoisotopic (exact) mass is 452 g/mol. The molecule has 180 valence electrons. The molecule has 8 nitrogen and oxygen atoms in total. The first kappa shape index (κ1) is 27.4. The van der Waals surface area contributed by atoms with Crippen molar-refractivity contribution in [2.75, 3.05) is 0 Å². The molecule has 8 heteroatoms. The molecule has 0 bridgehead atoms. The Kier molecular flexibility index (Phi) is 11.7. The van der Waals surface area contributed by atoms with Crippen molar-refractivity contribution in [1.29, 1.82) is 0 Å². The van der Waals surface area contributed by atoms with Gasteiger partial charge in [0.05, 0.1) is 23.7 Å². The van der Waals surface area contributed by atoms with Crippen LogP contribution >= 0.6 is 0 Å². The summed E-state index contributed by atoms with van der Waals surface area (Å²) in [7, 11) is 0. The summed E-state index contributed by atoms with van der Waals surface area (Å²) in [6, 6.07) is 0. The van der Waals surface area contributed by atoms with Crippen molar-refractivity contribution in [3.63, 3.8) is 0 Å². The number of carbonyl (C=O) groups is 4. The van der Waals surface area contributed by atoms with E-state index >= 15 is 0 Å². The molecule has 3 saturated carbocycles. The molecule has 0 aromatic rings. The molecule has 0 radical (unpaired) electrons. The molecule has 0 spiro atoms. The second-order valence-electron chi connectivity index (χ2n) is 8.95. The predicted molar refractivity (Wildman–Crippen MR) is 118 cm³/mol. The molecule has 0 aliphatic heterocycles. The maximum absolute atomic E-state index is 10.5. The van der Waals surface area contributed by atoms with Crippen LogP contribution in [0.25, 0.3) is 0 Å². The summed E-state index contributed by atoms with van der Waals surface area (Å²) < 4.78 is 0. The lowest BCUT2D eigenvalue weighted by atomic mass is 9.82. The summed E-state index contributed by atoms with van der Waals surface area (Å²) in [5.74, 6) is -4.45. The number of carboxylic acids is 4. The molecule has 4 N–H and O–H groups in total. The van der Waals surface area contributed by atoms with Crippen molar-refractivity contribution in [2.24, 2.45) is 23.7 Å². The Hall–Kier alpha value is -2.64. The third-order valence-corrected chi connectivity index (χ3v) is 6.52. The van der Waals surface area contributed by atoms with Crippen LogP contribution < -0.4 is 0 Å². The first-order valence-electron chi connectivity index (χ1n) is 11.3. The quantitative estimate of drug-likeness (QED) is 0.452. The first-order chi connectivity index (χ1) is 15.0. The number of carboxylic acid groups (broad SMARTS) is 4. The summed E-state index contributed by atoms with van der Waals surface area (Å²) in [5.41, 5.74) is 2.80. The highest BCUT2D eigenvalue weighted by molar-refractivity contribution is 5.73. The van der Waals surface area contributed by atoms with Crippen molar-refractivity contribution >= 4 is 23.9 Å². The second-order valence-corrected chi connectivity index (χ2v) is 8.95. The van der Waals surface area contributed by atoms with Crippen molar-refractivity contribution < 1.29 is 39.6 Å². The maximum atomic E-state index is 10.5. The highest BCUT2D eigenvalue weighted by Crippen LogP contribution is 2.29. The SMILES string of the molecule is C=C1CCC(=C)CC1.O=C(O)C1CCC(C(=O)O)CC1.O=C(O)C1CCC(C(=O)O)CC1. The van der Waals surface area contributed by atoms with E-state index in [9.17, 15) is 19.2 Å². The zero-order valence-corrected chi connectivity index (χ0v) is 18.6. The van der Waals surface area contributed by atoms with Gasteiger partial charge in [-0.15, -0.1) is 0 Å². The fraction of sp³-hybridized carbons (Fsp3) is 0.667. The molecule has 0 atom stereocenters. The van der Waals surface area contributed by atoms with E-state index in [1.165, 1.54) is 36.8 Å². The van der Waals surface area contributed by atoms with Crippen LogP contribution in [0.3, 0.4) is 0 Å². The van der Waals surface area contributed by atoms with Gasteiger partial charge in [-0.3, -0.25) is 19.2 Å². The number of aliphatic carboxylic acids is 4. The average molecular weight is 453 g/mol. The van der Waals surface area contributed by atoms with Crippen LogP contribution in [0, 0.1) is 23.7 Å². The Morgan fingerprint density at radius 3 is 0.750 bits per heavy atom. The van der Waals surface area contributed by atoms with Gasteiger partial charge in [0.2, 0.25) is 0 Å². The predicted octanol–water partition coefficient (Wildman–Crippen LogP) is 4.60. The van der Waals surface area contributed by atoms with Gasteiger partial charge in [-0.25, -0.2) is 0 Å². The van der Waals surface area contributed by atoms with Crippen LogP contribution in [-0.4, -0.2) is 44.3 Å². The van der Waals surface area contributed by atoms with E-state index in [0.29, 0.717) is 51.4 Å². The van der Waals surface area contributed by atoms with Gasteiger partial charge in [-0.1, -0.05) is 24.3 Å². The Labute approximate surface area is 189 Å². The molecule has 3 fully saturated rings. The largest absolute Gasteiger partial charge is 0.481 e. The molecule has 0 unspecified atom stereocenters. The minimum absolute atomic E-state index is 0.319. The van der Waals surface area contributed by atoms with Crippen LogP contribution in [0.5, 0.6) is 0 Å². The molecule has 3 aliphatic carbocycles. The van der Waals surface area contributed by atoms with E-state index in [2.05, 4.69) is 13.2 Å². The van der Waals surface area contributed by atoms with Crippen LogP contribution in [0.15, 0.2) is 24.3 Å². The van der Waals surface area contributed by atoms with Gasteiger partial charge in [-0.2, -0.15) is 0 Å². The fourth-order valence-corrected chi connectivity index (χ4v) is 4.13. The molecule has 0 aromatic heterocycles. The lowest BCUT2D eigenvalue weighted by Gasteiger charge is -2.22. The van der Waals surface area contributed by atoms with Crippen LogP contribution in [0.2, 0.25) is 0 Å². The normalized spacial score (nSPS) is 27.6. The van der Waals surface area contributed by atoms with E-state index in [1.54, 1.807) is 0 Å². The van der Waals surface area contributed by atoms with Crippen LogP contribution in [0.1, 0.15) is 77.0 Å². The lowest BCUT2D eigenvalue weighted by molar-refractivity contribution is -0.148. The molecule has 32 heavy (non-hydrogen) atoms.